The van der Waals surface area contributed by atoms with E-state index in [4.69, 9.17) is 9.15 Å². The van der Waals surface area contributed by atoms with Crippen LogP contribution in [0.5, 0.6) is 6.08 Å². The number of nitrogens with zero attached hydrogens (tertiary/aromatic N) is 4. The van der Waals surface area contributed by atoms with Crippen LogP contribution in [-0.2, 0) is 7.05 Å². The zero-order chi connectivity index (χ0) is 23.3. The van der Waals surface area contributed by atoms with Crippen LogP contribution >= 0.6 is 0 Å². The predicted octanol–water partition coefficient (Wildman–Crippen LogP) is 3.30. The highest BCUT2D eigenvalue weighted by atomic mass is 19.1. The maximum Gasteiger partial charge on any atom is 0.394 e. The Labute approximate surface area is 189 Å². The topological polar surface area (TPSA) is 97.4 Å². The van der Waals surface area contributed by atoms with Crippen molar-refractivity contribution in [3.8, 4) is 6.08 Å². The molecule has 2 aromatic carbocycles. The SMILES string of the molecule is COc1nc2c(C(=O)Nc3cc(F)c4nn(C)cc4c3)ccc(N3C[C@@H](C)N[C@@H](C)C3)c2o1. The number of methoxy groups -OCH3 is 1. The Morgan fingerprint density at radius 3 is 2.73 bits per heavy atom. The van der Waals surface area contributed by atoms with E-state index in [0.29, 0.717) is 39.8 Å². The van der Waals surface area contributed by atoms with Crippen LogP contribution in [0, 0.1) is 5.82 Å². The predicted molar refractivity (Wildman–Crippen MR) is 123 cm³/mol. The van der Waals surface area contributed by atoms with Gasteiger partial charge < -0.3 is 24.7 Å². The molecule has 9 nitrogen and oxygen atoms in total. The number of carbonyl (C=O) groups excluding carboxylic acids is 1. The first-order valence-corrected chi connectivity index (χ1v) is 10.7. The standard InChI is InChI=1S/C23H25FN6O3/c1-12-9-30(10-13(2)25-12)18-6-5-16(20-21(18)33-23(27-20)32-4)22(31)26-15-7-14-11-29(3)28-19(14)17(24)8-15/h5-8,11-13,25H,9-10H2,1-4H3,(H,26,31)/t12-,13+. The summed E-state index contributed by atoms with van der Waals surface area (Å²) >= 11 is 0. The van der Waals surface area contributed by atoms with Crippen molar-refractivity contribution in [2.45, 2.75) is 25.9 Å². The molecule has 0 radical (unpaired) electrons. The number of fused-ring (bicyclic) bond motifs is 2. The molecule has 1 saturated heterocycles. The first kappa shape index (κ1) is 21.2. The second-order valence-electron chi connectivity index (χ2n) is 8.52. The summed E-state index contributed by atoms with van der Waals surface area (Å²) in [5, 5.41) is 11.0. The van der Waals surface area contributed by atoms with E-state index >= 15 is 0 Å². The van der Waals surface area contributed by atoms with E-state index in [2.05, 4.69) is 39.5 Å². The van der Waals surface area contributed by atoms with Crippen molar-refractivity contribution in [3.05, 3.63) is 41.8 Å². The van der Waals surface area contributed by atoms with Gasteiger partial charge in [-0.25, -0.2) is 4.39 Å². The lowest BCUT2D eigenvalue weighted by Gasteiger charge is -2.37. The Kier molecular flexibility index (Phi) is 5.16. The summed E-state index contributed by atoms with van der Waals surface area (Å²) in [6, 6.07) is 7.11. The number of amides is 1. The molecule has 0 unspecified atom stereocenters. The molecule has 2 atom stereocenters. The van der Waals surface area contributed by atoms with Crippen molar-refractivity contribution in [1.82, 2.24) is 20.1 Å². The molecule has 4 aromatic rings. The number of aromatic nitrogens is 3. The third-order valence-corrected chi connectivity index (χ3v) is 5.76. The number of ether oxygens (including phenoxy) is 1. The highest BCUT2D eigenvalue weighted by molar-refractivity contribution is 6.13. The highest BCUT2D eigenvalue weighted by Crippen LogP contribution is 2.34. The highest BCUT2D eigenvalue weighted by Gasteiger charge is 2.26. The monoisotopic (exact) mass is 452 g/mol. The van der Waals surface area contributed by atoms with Gasteiger partial charge in [-0.2, -0.15) is 10.1 Å². The van der Waals surface area contributed by atoms with E-state index in [1.807, 2.05) is 6.07 Å². The Morgan fingerprint density at radius 1 is 1.24 bits per heavy atom. The van der Waals surface area contributed by atoms with E-state index in [-0.39, 0.29) is 11.6 Å². The van der Waals surface area contributed by atoms with Crippen LogP contribution in [0.15, 0.2) is 34.9 Å². The summed E-state index contributed by atoms with van der Waals surface area (Å²) in [7, 11) is 3.18. The molecule has 10 heteroatoms. The van der Waals surface area contributed by atoms with Gasteiger partial charge in [-0.15, -0.1) is 0 Å². The number of hydrogen-bond acceptors (Lipinski definition) is 7. The fourth-order valence-electron chi connectivity index (χ4n) is 4.50. The number of oxazole rings is 1. The number of nitrogens with one attached hydrogen (secondary N) is 2. The van der Waals surface area contributed by atoms with E-state index in [9.17, 15) is 9.18 Å². The average molecular weight is 452 g/mol. The minimum absolute atomic E-state index is 0.0746. The van der Waals surface area contributed by atoms with Crippen molar-refractivity contribution in [1.29, 1.82) is 0 Å². The van der Waals surface area contributed by atoms with Gasteiger partial charge in [0.25, 0.3) is 5.91 Å². The van der Waals surface area contributed by atoms with E-state index in [0.717, 1.165) is 18.8 Å². The maximum atomic E-state index is 14.5. The van der Waals surface area contributed by atoms with Gasteiger partial charge in [-0.05, 0) is 38.1 Å². The summed E-state index contributed by atoms with van der Waals surface area (Å²) < 4.78 is 27.0. The van der Waals surface area contributed by atoms with Gasteiger partial charge in [0.1, 0.15) is 11.0 Å². The molecule has 0 bridgehead atoms. The molecule has 1 fully saturated rings. The Morgan fingerprint density at radius 2 is 2.00 bits per heavy atom. The van der Waals surface area contributed by atoms with Gasteiger partial charge in [0.15, 0.2) is 11.4 Å². The molecule has 0 saturated carbocycles. The fourth-order valence-corrected chi connectivity index (χ4v) is 4.50. The lowest BCUT2D eigenvalue weighted by Crippen LogP contribution is -2.54. The molecular formula is C23H25FN6O3. The molecule has 1 amide bonds. The Hall–Kier alpha value is -3.66. The molecule has 0 spiro atoms. The first-order valence-electron chi connectivity index (χ1n) is 10.7. The van der Waals surface area contributed by atoms with Gasteiger partial charge in [-0.1, -0.05) is 0 Å². The summed E-state index contributed by atoms with van der Waals surface area (Å²) in [5.74, 6) is -0.930. The van der Waals surface area contributed by atoms with Crippen LogP contribution < -0.4 is 20.3 Å². The number of anilines is 2. The number of piperazine rings is 1. The molecule has 3 heterocycles. The van der Waals surface area contributed by atoms with E-state index < -0.39 is 11.7 Å². The zero-order valence-electron chi connectivity index (χ0n) is 18.8. The number of aryl methyl sites for hydroxylation is 1. The summed E-state index contributed by atoms with van der Waals surface area (Å²) in [6.07, 6.45) is 1.77. The van der Waals surface area contributed by atoms with E-state index in [1.165, 1.54) is 17.9 Å². The van der Waals surface area contributed by atoms with Crippen molar-refractivity contribution < 1.29 is 18.3 Å². The van der Waals surface area contributed by atoms with Crippen LogP contribution in [0.25, 0.3) is 22.0 Å². The van der Waals surface area contributed by atoms with Crippen LogP contribution in [-0.4, -0.2) is 53.0 Å². The van der Waals surface area contributed by atoms with Gasteiger partial charge in [-0.3, -0.25) is 9.48 Å². The minimum atomic E-state index is -0.506. The molecule has 2 aromatic heterocycles. The van der Waals surface area contributed by atoms with Gasteiger partial charge >= 0.3 is 6.08 Å². The van der Waals surface area contributed by atoms with Gasteiger partial charge in [0.2, 0.25) is 0 Å². The van der Waals surface area contributed by atoms with Crippen LogP contribution in [0.4, 0.5) is 15.8 Å². The first-order chi connectivity index (χ1) is 15.8. The Bertz CT molecular complexity index is 1350. The van der Waals surface area contributed by atoms with Crippen molar-refractivity contribution in [3.63, 3.8) is 0 Å². The smallest absolute Gasteiger partial charge is 0.394 e. The van der Waals surface area contributed by atoms with Gasteiger partial charge in [0, 0.05) is 49.5 Å². The quantitative estimate of drug-likeness (QED) is 0.490. The number of halogens is 1. The minimum Gasteiger partial charge on any atom is -0.453 e. The molecule has 1 aliphatic rings. The molecule has 0 aliphatic carbocycles. The van der Waals surface area contributed by atoms with Crippen molar-refractivity contribution >= 4 is 39.3 Å². The molecule has 172 valence electrons. The van der Waals surface area contributed by atoms with Crippen LogP contribution in [0.3, 0.4) is 0 Å². The molecule has 33 heavy (non-hydrogen) atoms. The summed E-state index contributed by atoms with van der Waals surface area (Å²) in [5.41, 5.74) is 2.61. The fraction of sp³-hybridized carbons (Fsp3) is 0.348. The zero-order valence-corrected chi connectivity index (χ0v) is 18.8. The Balaban J connectivity index is 1.52. The molecular weight excluding hydrogens is 427 g/mol. The van der Waals surface area contributed by atoms with Crippen LogP contribution in [0.1, 0.15) is 24.2 Å². The number of rotatable bonds is 4. The third kappa shape index (κ3) is 3.86. The van der Waals surface area contributed by atoms with Crippen molar-refractivity contribution in [2.75, 3.05) is 30.4 Å². The number of benzene rings is 2. The second kappa shape index (κ2) is 8.04. The molecule has 1 aliphatic heterocycles. The molecule has 5 rings (SSSR count). The van der Waals surface area contributed by atoms with Crippen LogP contribution in [0.2, 0.25) is 0 Å². The average Bonchev–Trinajstić information content (AvgIpc) is 3.35. The lowest BCUT2D eigenvalue weighted by molar-refractivity contribution is 0.102. The van der Waals surface area contributed by atoms with E-state index in [1.54, 1.807) is 25.4 Å². The third-order valence-electron chi connectivity index (χ3n) is 5.76. The number of carbonyl (C=O) groups is 1. The van der Waals surface area contributed by atoms with Crippen molar-refractivity contribution in [2.24, 2.45) is 7.05 Å². The lowest BCUT2D eigenvalue weighted by atomic mass is 10.1. The van der Waals surface area contributed by atoms with Gasteiger partial charge in [0.05, 0.1) is 18.4 Å². The summed E-state index contributed by atoms with van der Waals surface area (Å²) in [6.45, 7) is 5.83. The second-order valence-corrected chi connectivity index (χ2v) is 8.52. The maximum absolute atomic E-state index is 14.5. The molecule has 2 N–H and O–H groups in total. The summed E-state index contributed by atoms with van der Waals surface area (Å²) in [4.78, 5) is 19.8. The normalized spacial score (nSPS) is 18.8. The largest absolute Gasteiger partial charge is 0.453 e. The number of hydrogen-bond donors (Lipinski definition) is 2.